The van der Waals surface area contributed by atoms with Crippen LogP contribution in [0.25, 0.3) is 0 Å². The van der Waals surface area contributed by atoms with Crippen LogP contribution in [0.1, 0.15) is 22.0 Å². The van der Waals surface area contributed by atoms with Gasteiger partial charge in [0.2, 0.25) is 0 Å². The van der Waals surface area contributed by atoms with Crippen LogP contribution in [0, 0.1) is 10.5 Å². The summed E-state index contributed by atoms with van der Waals surface area (Å²) in [5, 5.41) is 2.10. The van der Waals surface area contributed by atoms with Crippen molar-refractivity contribution in [1.29, 1.82) is 0 Å². The first-order valence-corrected chi connectivity index (χ1v) is 8.31. The molecule has 18 heavy (non-hydrogen) atoms. The highest BCUT2D eigenvalue weighted by molar-refractivity contribution is 14.1. The Hall–Kier alpha value is 0.0500. The lowest BCUT2D eigenvalue weighted by Gasteiger charge is -2.18. The lowest BCUT2D eigenvalue weighted by Crippen LogP contribution is -2.30. The van der Waals surface area contributed by atoms with Crippen LogP contribution in [0.3, 0.4) is 0 Å². The Morgan fingerprint density at radius 3 is 2.89 bits per heavy atom. The highest BCUT2D eigenvalue weighted by atomic mass is 127. The highest BCUT2D eigenvalue weighted by Crippen LogP contribution is 2.28. The lowest BCUT2D eigenvalue weighted by molar-refractivity contribution is 0.553. The SMILES string of the molecule is Cc1cccc(C(Cc2cc(Br)cs2)NN)c1I. The number of thiophene rings is 1. The van der Waals surface area contributed by atoms with Crippen molar-refractivity contribution in [2.24, 2.45) is 5.84 Å². The van der Waals surface area contributed by atoms with E-state index in [4.69, 9.17) is 5.84 Å². The summed E-state index contributed by atoms with van der Waals surface area (Å²) in [5.74, 6) is 5.72. The predicted molar refractivity (Wildman–Crippen MR) is 89.7 cm³/mol. The maximum Gasteiger partial charge on any atom is 0.0518 e. The molecule has 0 aliphatic heterocycles. The summed E-state index contributed by atoms with van der Waals surface area (Å²) in [6.45, 7) is 2.13. The Kier molecular flexibility index (Phi) is 5.20. The molecule has 2 aromatic rings. The average Bonchev–Trinajstić information content (AvgIpc) is 2.76. The van der Waals surface area contributed by atoms with Crippen LogP contribution >= 0.6 is 49.9 Å². The summed E-state index contributed by atoms with van der Waals surface area (Å²) in [7, 11) is 0. The molecule has 0 fully saturated rings. The Labute approximate surface area is 133 Å². The van der Waals surface area contributed by atoms with E-state index in [0.29, 0.717) is 0 Å². The standard InChI is InChI=1S/C13H14BrIN2S/c1-8-3-2-4-11(13(8)15)12(17-16)6-10-5-9(14)7-18-10/h2-5,7,12,17H,6,16H2,1H3. The molecule has 5 heteroatoms. The van der Waals surface area contributed by atoms with Gasteiger partial charge >= 0.3 is 0 Å². The van der Waals surface area contributed by atoms with Gasteiger partial charge in [0.25, 0.3) is 0 Å². The molecular formula is C13H14BrIN2S. The van der Waals surface area contributed by atoms with Crippen LogP contribution in [-0.2, 0) is 6.42 Å². The molecule has 0 bridgehead atoms. The van der Waals surface area contributed by atoms with Gasteiger partial charge < -0.3 is 0 Å². The maximum absolute atomic E-state index is 5.72. The van der Waals surface area contributed by atoms with Crippen molar-refractivity contribution in [3.8, 4) is 0 Å². The smallest absolute Gasteiger partial charge is 0.0518 e. The van der Waals surface area contributed by atoms with Gasteiger partial charge in [-0.25, -0.2) is 0 Å². The van der Waals surface area contributed by atoms with Crippen molar-refractivity contribution < 1.29 is 0 Å². The van der Waals surface area contributed by atoms with Crippen LogP contribution in [0.2, 0.25) is 0 Å². The molecule has 0 aliphatic carbocycles. The molecule has 3 N–H and O–H groups in total. The third-order valence-electron chi connectivity index (χ3n) is 2.83. The van der Waals surface area contributed by atoms with E-state index in [1.807, 2.05) is 0 Å². The molecule has 0 saturated heterocycles. The topological polar surface area (TPSA) is 38.0 Å². The quantitative estimate of drug-likeness (QED) is 0.428. The Morgan fingerprint density at radius 1 is 1.50 bits per heavy atom. The number of halogens is 2. The van der Waals surface area contributed by atoms with Crippen LogP contribution in [-0.4, -0.2) is 0 Å². The number of aryl methyl sites for hydroxylation is 1. The molecule has 0 aliphatic rings. The van der Waals surface area contributed by atoms with E-state index in [0.717, 1.165) is 10.9 Å². The summed E-state index contributed by atoms with van der Waals surface area (Å²) >= 11 is 7.63. The third-order valence-corrected chi connectivity index (χ3v) is 6.02. The van der Waals surface area contributed by atoms with Gasteiger partial charge in [-0.1, -0.05) is 18.2 Å². The Morgan fingerprint density at radius 2 is 2.28 bits per heavy atom. The molecule has 1 aromatic heterocycles. The minimum Gasteiger partial charge on any atom is -0.271 e. The van der Waals surface area contributed by atoms with Crippen molar-refractivity contribution in [2.75, 3.05) is 0 Å². The van der Waals surface area contributed by atoms with Crippen molar-refractivity contribution in [1.82, 2.24) is 5.43 Å². The van der Waals surface area contributed by atoms with Crippen molar-refractivity contribution in [2.45, 2.75) is 19.4 Å². The summed E-state index contributed by atoms with van der Waals surface area (Å²) in [5.41, 5.74) is 5.49. The average molecular weight is 437 g/mol. The second-order valence-corrected chi connectivity index (χ2v) is 7.12. The Bertz CT molecular complexity index is 542. The zero-order valence-corrected chi connectivity index (χ0v) is 14.5. The van der Waals surface area contributed by atoms with Crippen molar-refractivity contribution in [3.05, 3.63) is 53.7 Å². The van der Waals surface area contributed by atoms with Gasteiger partial charge in [-0.2, -0.15) is 0 Å². The predicted octanol–water partition coefficient (Wildman–Crippen LogP) is 4.17. The maximum atomic E-state index is 5.72. The van der Waals surface area contributed by atoms with Gasteiger partial charge in [0.15, 0.2) is 0 Å². The Balaban J connectivity index is 2.25. The van der Waals surface area contributed by atoms with Crippen LogP contribution < -0.4 is 11.3 Å². The summed E-state index contributed by atoms with van der Waals surface area (Å²) in [4.78, 5) is 1.32. The molecular weight excluding hydrogens is 423 g/mol. The molecule has 1 aromatic carbocycles. The van der Waals surface area contributed by atoms with Crippen molar-refractivity contribution in [3.63, 3.8) is 0 Å². The molecule has 1 atom stereocenters. The second kappa shape index (κ2) is 6.47. The normalized spacial score (nSPS) is 12.7. The molecule has 0 spiro atoms. The summed E-state index contributed by atoms with van der Waals surface area (Å²) in [6.07, 6.45) is 0.909. The first-order chi connectivity index (χ1) is 8.61. The molecule has 0 amide bonds. The van der Waals surface area contributed by atoms with Gasteiger partial charge in [0, 0.05) is 24.7 Å². The fourth-order valence-corrected chi connectivity index (χ4v) is 4.09. The molecule has 2 rings (SSSR count). The van der Waals surface area contributed by atoms with Crippen LogP contribution in [0.5, 0.6) is 0 Å². The van der Waals surface area contributed by atoms with Gasteiger partial charge in [0.05, 0.1) is 6.04 Å². The highest BCUT2D eigenvalue weighted by Gasteiger charge is 2.15. The van der Waals surface area contributed by atoms with E-state index in [1.54, 1.807) is 11.3 Å². The number of hydrazine groups is 1. The van der Waals surface area contributed by atoms with E-state index in [1.165, 1.54) is 19.6 Å². The molecule has 2 nitrogen and oxygen atoms in total. The van der Waals surface area contributed by atoms with E-state index in [9.17, 15) is 0 Å². The second-order valence-electron chi connectivity index (χ2n) is 4.13. The largest absolute Gasteiger partial charge is 0.271 e. The minimum absolute atomic E-state index is 0.155. The number of nitrogens with two attached hydrogens (primary N) is 1. The van der Waals surface area contributed by atoms with Crippen LogP contribution in [0.4, 0.5) is 0 Å². The van der Waals surface area contributed by atoms with Crippen LogP contribution in [0.15, 0.2) is 34.1 Å². The first-order valence-electron chi connectivity index (χ1n) is 5.56. The number of nitrogens with one attached hydrogen (secondary N) is 1. The van der Waals surface area contributed by atoms with Crippen molar-refractivity contribution >= 4 is 49.9 Å². The molecule has 0 saturated carbocycles. The summed E-state index contributed by atoms with van der Waals surface area (Å²) < 4.78 is 2.42. The van der Waals surface area contributed by atoms with E-state index < -0.39 is 0 Å². The first kappa shape index (κ1) is 14.5. The van der Waals surface area contributed by atoms with Gasteiger partial charge in [0.1, 0.15) is 0 Å². The number of hydrogen-bond acceptors (Lipinski definition) is 3. The lowest BCUT2D eigenvalue weighted by atomic mass is 10.0. The number of hydrogen-bond donors (Lipinski definition) is 2. The number of benzene rings is 1. The van der Waals surface area contributed by atoms with E-state index in [2.05, 4.69) is 80.5 Å². The molecule has 1 heterocycles. The zero-order chi connectivity index (χ0) is 13.1. The van der Waals surface area contributed by atoms with E-state index in [-0.39, 0.29) is 6.04 Å². The zero-order valence-electron chi connectivity index (χ0n) is 9.91. The summed E-state index contributed by atoms with van der Waals surface area (Å²) in [6, 6.07) is 8.66. The van der Waals surface area contributed by atoms with E-state index >= 15 is 0 Å². The molecule has 0 radical (unpaired) electrons. The fourth-order valence-electron chi connectivity index (χ4n) is 1.86. The van der Waals surface area contributed by atoms with Gasteiger partial charge in [-0.05, 0) is 62.6 Å². The van der Waals surface area contributed by atoms with Gasteiger partial charge in [-0.15, -0.1) is 11.3 Å². The minimum atomic E-state index is 0.155. The monoisotopic (exact) mass is 436 g/mol. The third kappa shape index (κ3) is 3.33. The fraction of sp³-hybridized carbons (Fsp3) is 0.231. The number of rotatable bonds is 4. The van der Waals surface area contributed by atoms with Gasteiger partial charge in [-0.3, -0.25) is 11.3 Å². The molecule has 1 unspecified atom stereocenters. The molecule has 96 valence electrons.